The van der Waals surface area contributed by atoms with Gasteiger partial charge in [-0.15, -0.1) is 0 Å². The molecule has 2 atom stereocenters. The summed E-state index contributed by atoms with van der Waals surface area (Å²) in [7, 11) is 0. The Labute approximate surface area is 113 Å². The molecule has 2 heteroatoms. The largest absolute Gasteiger partial charge is 0.330 e. The van der Waals surface area contributed by atoms with Crippen LogP contribution in [0.4, 0.5) is 0 Å². The van der Waals surface area contributed by atoms with Gasteiger partial charge in [0, 0.05) is 18.6 Å². The van der Waals surface area contributed by atoms with Gasteiger partial charge in [0.05, 0.1) is 0 Å². The average Bonchev–Trinajstić information content (AvgIpc) is 2.37. The van der Waals surface area contributed by atoms with Crippen LogP contribution in [0.5, 0.6) is 0 Å². The zero-order chi connectivity index (χ0) is 13.2. The first-order valence-electron chi connectivity index (χ1n) is 8.02. The van der Waals surface area contributed by atoms with Gasteiger partial charge in [0.15, 0.2) is 0 Å². The topological polar surface area (TPSA) is 29.3 Å². The molecule has 2 N–H and O–H groups in total. The molecule has 1 aliphatic carbocycles. The highest BCUT2D eigenvalue weighted by atomic mass is 15.2. The lowest BCUT2D eigenvalue weighted by atomic mass is 9.70. The summed E-state index contributed by atoms with van der Waals surface area (Å²) in [5.74, 6) is 0.917. The zero-order valence-corrected chi connectivity index (χ0v) is 12.6. The van der Waals surface area contributed by atoms with Crippen molar-refractivity contribution in [1.29, 1.82) is 0 Å². The van der Waals surface area contributed by atoms with Gasteiger partial charge in [0.25, 0.3) is 0 Å². The number of nitrogens with zero attached hydrogens (tertiary/aromatic N) is 1. The number of piperidine rings is 1. The Morgan fingerprint density at radius 2 is 1.56 bits per heavy atom. The summed E-state index contributed by atoms with van der Waals surface area (Å²) in [6.07, 6.45) is 9.62. The molecule has 2 fully saturated rings. The van der Waals surface area contributed by atoms with Crippen LogP contribution in [0.1, 0.15) is 65.7 Å². The minimum absolute atomic E-state index is 0.423. The lowest BCUT2D eigenvalue weighted by Crippen LogP contribution is -2.52. The zero-order valence-electron chi connectivity index (χ0n) is 12.6. The monoisotopic (exact) mass is 252 g/mol. The Morgan fingerprint density at radius 3 is 2.06 bits per heavy atom. The quantitative estimate of drug-likeness (QED) is 0.834. The summed E-state index contributed by atoms with van der Waals surface area (Å²) in [4.78, 5) is 2.76. The standard InChI is InChI=1S/C16H32N2/c1-13-7-9-16(11-17,10-8-13)12-18-14(2)5-4-6-15(18)3/h13-15H,4-12,17H2,1-3H3/t13?,14-,15+,16?. The van der Waals surface area contributed by atoms with E-state index >= 15 is 0 Å². The summed E-state index contributed by atoms with van der Waals surface area (Å²) in [5.41, 5.74) is 6.59. The lowest BCUT2D eigenvalue weighted by molar-refractivity contribution is 0.0267. The van der Waals surface area contributed by atoms with Crippen LogP contribution in [0, 0.1) is 11.3 Å². The third-order valence-corrected chi connectivity index (χ3v) is 5.66. The summed E-state index contributed by atoms with van der Waals surface area (Å²) in [6.45, 7) is 9.34. The third kappa shape index (κ3) is 3.08. The van der Waals surface area contributed by atoms with Gasteiger partial charge in [-0.2, -0.15) is 0 Å². The lowest BCUT2D eigenvalue weighted by Gasteiger charge is -2.47. The molecule has 0 aromatic rings. The molecule has 1 heterocycles. The number of hydrogen-bond donors (Lipinski definition) is 1. The van der Waals surface area contributed by atoms with E-state index in [0.717, 1.165) is 24.5 Å². The van der Waals surface area contributed by atoms with Gasteiger partial charge in [-0.25, -0.2) is 0 Å². The van der Waals surface area contributed by atoms with Crippen molar-refractivity contribution in [2.45, 2.75) is 77.8 Å². The van der Waals surface area contributed by atoms with Gasteiger partial charge in [-0.05, 0) is 57.4 Å². The van der Waals surface area contributed by atoms with Crippen LogP contribution in [0.15, 0.2) is 0 Å². The molecule has 0 radical (unpaired) electrons. The average molecular weight is 252 g/mol. The molecule has 0 spiro atoms. The first kappa shape index (κ1) is 14.3. The fourth-order valence-corrected chi connectivity index (χ4v) is 3.98. The number of rotatable bonds is 3. The van der Waals surface area contributed by atoms with Crippen molar-refractivity contribution in [2.24, 2.45) is 17.1 Å². The van der Waals surface area contributed by atoms with Crippen LogP contribution in [0.25, 0.3) is 0 Å². The second-order valence-corrected chi connectivity index (χ2v) is 7.19. The van der Waals surface area contributed by atoms with Crippen LogP contribution in [0.3, 0.4) is 0 Å². The molecule has 2 rings (SSSR count). The molecule has 0 aromatic heterocycles. The smallest absolute Gasteiger partial charge is 0.00700 e. The molecule has 106 valence electrons. The molecule has 2 aliphatic rings. The Bertz CT molecular complexity index is 246. The fourth-order valence-electron chi connectivity index (χ4n) is 3.98. The second kappa shape index (κ2) is 5.92. The molecular formula is C16H32N2. The van der Waals surface area contributed by atoms with E-state index in [0.29, 0.717) is 5.41 Å². The van der Waals surface area contributed by atoms with Gasteiger partial charge in [0.1, 0.15) is 0 Å². The van der Waals surface area contributed by atoms with E-state index in [1.807, 2.05) is 0 Å². The molecule has 2 nitrogen and oxygen atoms in total. The van der Waals surface area contributed by atoms with E-state index in [-0.39, 0.29) is 0 Å². The minimum atomic E-state index is 0.423. The van der Waals surface area contributed by atoms with Crippen LogP contribution in [-0.4, -0.2) is 30.1 Å². The SMILES string of the molecule is CC1CCC(CN)(CN2[C@H](C)CCC[C@@H]2C)CC1. The maximum absolute atomic E-state index is 6.17. The molecule has 1 aliphatic heterocycles. The number of hydrogen-bond acceptors (Lipinski definition) is 2. The maximum Gasteiger partial charge on any atom is 0.00700 e. The van der Waals surface area contributed by atoms with E-state index in [2.05, 4.69) is 25.7 Å². The van der Waals surface area contributed by atoms with Crippen molar-refractivity contribution in [1.82, 2.24) is 4.90 Å². The van der Waals surface area contributed by atoms with Crippen LogP contribution < -0.4 is 5.73 Å². The molecule has 0 aromatic carbocycles. The predicted molar refractivity (Wildman–Crippen MR) is 78.6 cm³/mol. The Kier molecular flexibility index (Phi) is 4.71. The van der Waals surface area contributed by atoms with Gasteiger partial charge < -0.3 is 5.73 Å². The predicted octanol–water partition coefficient (Wildman–Crippen LogP) is 3.40. The van der Waals surface area contributed by atoms with Crippen molar-refractivity contribution in [2.75, 3.05) is 13.1 Å². The molecule has 1 saturated carbocycles. The van der Waals surface area contributed by atoms with Gasteiger partial charge >= 0.3 is 0 Å². The maximum atomic E-state index is 6.17. The number of nitrogens with two attached hydrogens (primary N) is 1. The van der Waals surface area contributed by atoms with E-state index in [1.165, 1.54) is 51.5 Å². The fraction of sp³-hybridized carbons (Fsp3) is 1.00. The van der Waals surface area contributed by atoms with Gasteiger partial charge in [-0.3, -0.25) is 4.90 Å². The second-order valence-electron chi connectivity index (χ2n) is 7.19. The molecular weight excluding hydrogens is 220 g/mol. The summed E-state index contributed by atoms with van der Waals surface area (Å²) >= 11 is 0. The highest BCUT2D eigenvalue weighted by Crippen LogP contribution is 2.40. The van der Waals surface area contributed by atoms with E-state index in [1.54, 1.807) is 0 Å². The van der Waals surface area contributed by atoms with Gasteiger partial charge in [0.2, 0.25) is 0 Å². The Morgan fingerprint density at radius 1 is 1.00 bits per heavy atom. The van der Waals surface area contributed by atoms with Gasteiger partial charge in [-0.1, -0.05) is 26.2 Å². The Hall–Kier alpha value is -0.0800. The Balaban J connectivity index is 2.00. The first-order valence-corrected chi connectivity index (χ1v) is 8.02. The highest BCUT2D eigenvalue weighted by molar-refractivity contribution is 4.92. The summed E-state index contributed by atoms with van der Waals surface area (Å²) in [5, 5.41) is 0. The highest BCUT2D eigenvalue weighted by Gasteiger charge is 2.37. The van der Waals surface area contributed by atoms with E-state index in [4.69, 9.17) is 5.73 Å². The molecule has 1 saturated heterocycles. The normalized spacial score (nSPS) is 43.0. The summed E-state index contributed by atoms with van der Waals surface area (Å²) < 4.78 is 0. The molecule has 0 unspecified atom stereocenters. The van der Waals surface area contributed by atoms with Crippen molar-refractivity contribution in [3.05, 3.63) is 0 Å². The van der Waals surface area contributed by atoms with Crippen molar-refractivity contribution in [3.63, 3.8) is 0 Å². The minimum Gasteiger partial charge on any atom is -0.330 e. The van der Waals surface area contributed by atoms with E-state index in [9.17, 15) is 0 Å². The van der Waals surface area contributed by atoms with Crippen molar-refractivity contribution < 1.29 is 0 Å². The van der Waals surface area contributed by atoms with Crippen molar-refractivity contribution in [3.8, 4) is 0 Å². The number of likely N-dealkylation sites (tertiary alicyclic amines) is 1. The van der Waals surface area contributed by atoms with E-state index < -0.39 is 0 Å². The van der Waals surface area contributed by atoms with Crippen LogP contribution in [0.2, 0.25) is 0 Å². The van der Waals surface area contributed by atoms with Crippen LogP contribution in [-0.2, 0) is 0 Å². The molecule has 0 bridgehead atoms. The summed E-state index contributed by atoms with van der Waals surface area (Å²) in [6, 6.07) is 1.52. The third-order valence-electron chi connectivity index (χ3n) is 5.66. The van der Waals surface area contributed by atoms with Crippen molar-refractivity contribution >= 4 is 0 Å². The van der Waals surface area contributed by atoms with Crippen LogP contribution >= 0.6 is 0 Å². The first-order chi connectivity index (χ1) is 8.56. The molecule has 0 amide bonds. The molecule has 18 heavy (non-hydrogen) atoms.